The van der Waals surface area contributed by atoms with Gasteiger partial charge < -0.3 is 14.8 Å². The highest BCUT2D eigenvalue weighted by molar-refractivity contribution is 6.30. The van der Waals surface area contributed by atoms with E-state index in [4.69, 9.17) is 16.3 Å². The van der Waals surface area contributed by atoms with Gasteiger partial charge in [0.2, 0.25) is 0 Å². The van der Waals surface area contributed by atoms with E-state index in [1.54, 1.807) is 18.2 Å². The lowest BCUT2D eigenvalue weighted by atomic mass is 10.1. The molecule has 1 aromatic carbocycles. The number of hydrogen-bond donors (Lipinski definition) is 1. The minimum Gasteiger partial charge on any atom is -0.496 e. The average molecular weight is 325 g/mol. The highest BCUT2D eigenvalue weighted by atomic mass is 35.5. The molecule has 22 heavy (non-hydrogen) atoms. The van der Waals surface area contributed by atoms with Gasteiger partial charge in [-0.15, -0.1) is 0 Å². The van der Waals surface area contributed by atoms with Crippen molar-refractivity contribution in [2.75, 3.05) is 20.8 Å². The molecule has 1 N–H and O–H groups in total. The fraction of sp³-hybridized carbons (Fsp3) is 0.214. The number of halogens is 1. The molecule has 0 aromatic heterocycles. The molecule has 3 amide bonds. The van der Waals surface area contributed by atoms with E-state index >= 15 is 0 Å². The number of urea groups is 1. The summed E-state index contributed by atoms with van der Waals surface area (Å²) in [4.78, 5) is 35.9. The van der Waals surface area contributed by atoms with Gasteiger partial charge in [0, 0.05) is 10.6 Å². The molecule has 0 bridgehead atoms. The molecule has 8 heteroatoms. The van der Waals surface area contributed by atoms with E-state index < -0.39 is 24.5 Å². The summed E-state index contributed by atoms with van der Waals surface area (Å²) >= 11 is 5.91. The van der Waals surface area contributed by atoms with Crippen LogP contribution in [0, 0.1) is 0 Å². The maximum atomic E-state index is 12.1. The van der Waals surface area contributed by atoms with Gasteiger partial charge in [-0.3, -0.25) is 9.59 Å². The molecule has 2 rings (SSSR count). The van der Waals surface area contributed by atoms with Gasteiger partial charge in [0.25, 0.3) is 5.91 Å². The second kappa shape index (κ2) is 6.48. The third kappa shape index (κ3) is 3.20. The molecular formula is C14H13ClN2O5. The molecular weight excluding hydrogens is 312 g/mol. The predicted molar refractivity (Wildman–Crippen MR) is 78.2 cm³/mol. The Bertz CT molecular complexity index is 671. The van der Waals surface area contributed by atoms with Gasteiger partial charge in [-0.1, -0.05) is 11.6 Å². The Morgan fingerprint density at radius 2 is 2.09 bits per heavy atom. The van der Waals surface area contributed by atoms with E-state index in [1.807, 2.05) is 0 Å². The van der Waals surface area contributed by atoms with Crippen molar-refractivity contribution in [3.63, 3.8) is 0 Å². The molecule has 0 unspecified atom stereocenters. The van der Waals surface area contributed by atoms with Gasteiger partial charge in [-0.05, 0) is 24.3 Å². The zero-order chi connectivity index (χ0) is 16.3. The van der Waals surface area contributed by atoms with Crippen LogP contribution in [0.5, 0.6) is 5.75 Å². The first kappa shape index (κ1) is 15.8. The van der Waals surface area contributed by atoms with Crippen LogP contribution in [0.3, 0.4) is 0 Å². The van der Waals surface area contributed by atoms with Crippen LogP contribution < -0.4 is 10.1 Å². The molecule has 1 aliphatic heterocycles. The van der Waals surface area contributed by atoms with E-state index in [2.05, 4.69) is 10.1 Å². The number of amides is 3. The Labute approximate surface area is 131 Å². The third-order valence-electron chi connectivity index (χ3n) is 2.97. The van der Waals surface area contributed by atoms with E-state index in [1.165, 1.54) is 20.3 Å². The van der Waals surface area contributed by atoms with Crippen molar-refractivity contribution in [1.82, 2.24) is 10.2 Å². The maximum absolute atomic E-state index is 12.1. The van der Waals surface area contributed by atoms with Crippen LogP contribution in [-0.2, 0) is 14.3 Å². The second-order valence-corrected chi connectivity index (χ2v) is 4.78. The number of nitrogens with zero attached hydrogens (tertiary/aromatic N) is 1. The Balaban J connectivity index is 2.30. The Morgan fingerprint density at radius 1 is 1.36 bits per heavy atom. The number of hydrogen-bond acceptors (Lipinski definition) is 5. The fourth-order valence-electron chi connectivity index (χ4n) is 1.88. The van der Waals surface area contributed by atoms with Crippen molar-refractivity contribution < 1.29 is 23.9 Å². The van der Waals surface area contributed by atoms with Crippen LogP contribution in [0.2, 0.25) is 5.02 Å². The quantitative estimate of drug-likeness (QED) is 0.514. The topological polar surface area (TPSA) is 84.9 Å². The molecule has 0 saturated carbocycles. The number of ether oxygens (including phenoxy) is 2. The number of methoxy groups -OCH3 is 2. The fourth-order valence-corrected chi connectivity index (χ4v) is 2.06. The molecule has 0 aliphatic carbocycles. The molecule has 1 saturated heterocycles. The molecule has 0 atom stereocenters. The van der Waals surface area contributed by atoms with E-state index in [-0.39, 0.29) is 5.70 Å². The number of esters is 1. The van der Waals surface area contributed by atoms with E-state index in [0.29, 0.717) is 16.3 Å². The maximum Gasteiger partial charge on any atom is 0.329 e. The minimum atomic E-state index is -0.692. The number of imide groups is 1. The Kier molecular flexibility index (Phi) is 4.67. The first-order chi connectivity index (χ1) is 10.5. The van der Waals surface area contributed by atoms with Crippen LogP contribution in [0.1, 0.15) is 5.56 Å². The molecule has 1 heterocycles. The lowest BCUT2D eigenvalue weighted by molar-refractivity contribution is -0.143. The summed E-state index contributed by atoms with van der Waals surface area (Å²) in [5, 5.41) is 2.85. The largest absolute Gasteiger partial charge is 0.496 e. The molecule has 0 radical (unpaired) electrons. The minimum absolute atomic E-state index is 0.0227. The van der Waals surface area contributed by atoms with Gasteiger partial charge in [0.05, 0.1) is 14.2 Å². The van der Waals surface area contributed by atoms with E-state index in [0.717, 1.165) is 4.90 Å². The van der Waals surface area contributed by atoms with Crippen LogP contribution in [0.4, 0.5) is 4.79 Å². The highest BCUT2D eigenvalue weighted by Crippen LogP contribution is 2.25. The lowest BCUT2D eigenvalue weighted by Crippen LogP contribution is -2.36. The summed E-state index contributed by atoms with van der Waals surface area (Å²) in [6.45, 7) is -0.453. The molecule has 116 valence electrons. The van der Waals surface area contributed by atoms with Gasteiger partial charge in [0.1, 0.15) is 18.0 Å². The predicted octanol–water partition coefficient (Wildman–Crippen LogP) is 1.41. The zero-order valence-corrected chi connectivity index (χ0v) is 12.6. The monoisotopic (exact) mass is 324 g/mol. The normalized spacial score (nSPS) is 16.0. The van der Waals surface area contributed by atoms with Crippen LogP contribution in [0.25, 0.3) is 6.08 Å². The molecule has 1 aliphatic rings. The summed E-state index contributed by atoms with van der Waals surface area (Å²) in [5.41, 5.74) is 0.549. The number of benzene rings is 1. The average Bonchev–Trinajstić information content (AvgIpc) is 2.75. The van der Waals surface area contributed by atoms with Crippen LogP contribution in [0.15, 0.2) is 23.9 Å². The van der Waals surface area contributed by atoms with Crippen molar-refractivity contribution in [3.8, 4) is 5.75 Å². The first-order valence-corrected chi connectivity index (χ1v) is 6.59. The van der Waals surface area contributed by atoms with Crippen LogP contribution in [-0.4, -0.2) is 43.6 Å². The van der Waals surface area contributed by atoms with Crippen molar-refractivity contribution in [1.29, 1.82) is 0 Å². The summed E-state index contributed by atoms with van der Waals surface area (Å²) in [6.07, 6.45) is 1.43. The standard InChI is InChI=1S/C14H13ClN2O5/c1-21-11-4-3-9(15)5-8(11)6-10-13(19)17(14(20)16-10)7-12(18)22-2/h3-6H,7H2,1-2H3,(H,16,20)/b10-6+. The summed E-state index contributed by atoms with van der Waals surface area (Å²) in [5.74, 6) is -0.826. The Hall–Kier alpha value is -2.54. The number of carbonyl (C=O) groups is 3. The van der Waals surface area contributed by atoms with E-state index in [9.17, 15) is 14.4 Å². The molecule has 7 nitrogen and oxygen atoms in total. The molecule has 0 spiro atoms. The van der Waals surface area contributed by atoms with Gasteiger partial charge in [-0.2, -0.15) is 0 Å². The second-order valence-electron chi connectivity index (χ2n) is 4.34. The van der Waals surface area contributed by atoms with Crippen molar-refractivity contribution >= 4 is 35.6 Å². The van der Waals surface area contributed by atoms with Crippen molar-refractivity contribution in [2.45, 2.75) is 0 Å². The SMILES string of the molecule is COC(=O)CN1C(=O)N/C(=C/c2cc(Cl)ccc2OC)C1=O. The van der Waals surface area contributed by atoms with Crippen molar-refractivity contribution in [3.05, 3.63) is 34.5 Å². The van der Waals surface area contributed by atoms with Gasteiger partial charge in [0.15, 0.2) is 0 Å². The van der Waals surface area contributed by atoms with Crippen molar-refractivity contribution in [2.24, 2.45) is 0 Å². The third-order valence-corrected chi connectivity index (χ3v) is 3.20. The van der Waals surface area contributed by atoms with Gasteiger partial charge >= 0.3 is 12.0 Å². The summed E-state index contributed by atoms with van der Waals surface area (Å²) in [6, 6.07) is 4.18. The first-order valence-electron chi connectivity index (χ1n) is 6.21. The summed E-state index contributed by atoms with van der Waals surface area (Å²) in [7, 11) is 2.65. The zero-order valence-electron chi connectivity index (χ0n) is 11.9. The summed E-state index contributed by atoms with van der Waals surface area (Å²) < 4.78 is 9.61. The smallest absolute Gasteiger partial charge is 0.329 e. The Morgan fingerprint density at radius 3 is 2.73 bits per heavy atom. The van der Waals surface area contributed by atoms with Crippen LogP contribution >= 0.6 is 11.6 Å². The molecule has 1 fully saturated rings. The lowest BCUT2D eigenvalue weighted by Gasteiger charge is -2.09. The number of nitrogens with one attached hydrogen (secondary N) is 1. The highest BCUT2D eigenvalue weighted by Gasteiger charge is 2.35. The van der Waals surface area contributed by atoms with Gasteiger partial charge in [-0.25, -0.2) is 9.69 Å². The molecule has 1 aromatic rings. The number of rotatable bonds is 4. The number of carbonyl (C=O) groups excluding carboxylic acids is 3.